The second kappa shape index (κ2) is 11.0. The van der Waals surface area contributed by atoms with Gasteiger partial charge in [-0.3, -0.25) is 9.59 Å². The van der Waals surface area contributed by atoms with Crippen LogP contribution in [0.2, 0.25) is 5.02 Å². The second-order valence-electron chi connectivity index (χ2n) is 9.01. The average Bonchev–Trinajstić information content (AvgIpc) is 3.36. The summed E-state index contributed by atoms with van der Waals surface area (Å²) >= 11 is 7.11. The van der Waals surface area contributed by atoms with Gasteiger partial charge in [-0.25, -0.2) is 0 Å². The van der Waals surface area contributed by atoms with Crippen molar-refractivity contribution in [2.75, 3.05) is 13.1 Å². The van der Waals surface area contributed by atoms with Crippen molar-refractivity contribution in [1.82, 2.24) is 9.80 Å². The zero-order valence-corrected chi connectivity index (χ0v) is 21.3. The Kier molecular flexibility index (Phi) is 8.05. The van der Waals surface area contributed by atoms with Crippen LogP contribution in [-0.4, -0.2) is 40.7 Å². The molecule has 1 saturated heterocycles. The van der Waals surface area contributed by atoms with Gasteiger partial charge < -0.3 is 9.80 Å². The van der Waals surface area contributed by atoms with Crippen molar-refractivity contribution in [1.29, 1.82) is 0 Å². The summed E-state index contributed by atoms with van der Waals surface area (Å²) in [6.45, 7) is 2.77. The van der Waals surface area contributed by atoms with Gasteiger partial charge in [0.05, 0.1) is 17.5 Å². The maximum atomic E-state index is 13.5. The van der Waals surface area contributed by atoms with Gasteiger partial charge in [-0.05, 0) is 42.5 Å². The van der Waals surface area contributed by atoms with Crippen LogP contribution in [-0.2, 0) is 23.9 Å². The number of carbonyl (C=O) groups excluding carboxylic acids is 2. The number of hydrogen-bond donors (Lipinski definition) is 0. The number of thiophene rings is 1. The first-order valence-electron chi connectivity index (χ1n) is 11.6. The summed E-state index contributed by atoms with van der Waals surface area (Å²) in [4.78, 5) is 29.8. The first kappa shape index (κ1) is 26.2. The van der Waals surface area contributed by atoms with Gasteiger partial charge in [-0.1, -0.05) is 54.1 Å². The third-order valence-electron chi connectivity index (χ3n) is 6.43. The smallest absolute Gasteiger partial charge is 0.337 e. The topological polar surface area (TPSA) is 40.6 Å². The maximum Gasteiger partial charge on any atom is 0.417 e. The van der Waals surface area contributed by atoms with E-state index in [4.69, 9.17) is 11.6 Å². The zero-order valence-electron chi connectivity index (χ0n) is 19.7. The van der Waals surface area contributed by atoms with Crippen molar-refractivity contribution in [2.24, 2.45) is 0 Å². The second-order valence-corrected chi connectivity index (χ2v) is 10.2. The van der Waals surface area contributed by atoms with Crippen molar-refractivity contribution >= 4 is 34.8 Å². The molecule has 1 aromatic heterocycles. The van der Waals surface area contributed by atoms with Gasteiger partial charge in [0.2, 0.25) is 5.91 Å². The van der Waals surface area contributed by atoms with E-state index in [0.29, 0.717) is 31.0 Å². The Bertz CT molecular complexity index is 1230. The van der Waals surface area contributed by atoms with Crippen molar-refractivity contribution in [3.63, 3.8) is 0 Å². The summed E-state index contributed by atoms with van der Waals surface area (Å²) in [7, 11) is 0. The number of amides is 2. The van der Waals surface area contributed by atoms with Gasteiger partial charge in [-0.2, -0.15) is 24.5 Å². The van der Waals surface area contributed by atoms with Crippen LogP contribution in [0.25, 0.3) is 0 Å². The molecule has 1 unspecified atom stereocenters. The SMILES string of the molecule is Cc1ccc(CC(=O)N(Cc2ccccc2)C2CCCN(C(=O)c3cscc3C(F)(F)F)C2)cc1Cl. The van der Waals surface area contributed by atoms with Crippen LogP contribution >= 0.6 is 22.9 Å². The summed E-state index contributed by atoms with van der Waals surface area (Å²) < 4.78 is 40.2. The van der Waals surface area contributed by atoms with E-state index in [9.17, 15) is 22.8 Å². The highest BCUT2D eigenvalue weighted by molar-refractivity contribution is 7.08. The molecule has 2 amide bonds. The Balaban J connectivity index is 1.56. The summed E-state index contributed by atoms with van der Waals surface area (Å²) in [5, 5.41) is 2.80. The molecule has 4 rings (SSSR count). The van der Waals surface area contributed by atoms with Crippen LogP contribution in [0, 0.1) is 6.92 Å². The van der Waals surface area contributed by atoms with E-state index in [1.165, 1.54) is 10.3 Å². The number of aryl methyl sites for hydroxylation is 1. The molecule has 0 radical (unpaired) electrons. The van der Waals surface area contributed by atoms with Gasteiger partial charge in [0.1, 0.15) is 0 Å². The van der Waals surface area contributed by atoms with E-state index in [2.05, 4.69) is 0 Å². The molecule has 0 bridgehead atoms. The standard InChI is InChI=1S/C27H26ClF3N2O2S/c1-18-9-10-20(12-24(18)28)13-25(34)33(14-19-6-3-2-4-7-19)21-8-5-11-32(15-21)26(35)22-16-36-17-23(22)27(29,30)31/h2-4,6-7,9-10,12,16-17,21H,5,8,11,13-15H2,1H3. The fourth-order valence-electron chi connectivity index (χ4n) is 4.47. The zero-order chi connectivity index (χ0) is 25.9. The quantitative estimate of drug-likeness (QED) is 0.357. The van der Waals surface area contributed by atoms with Gasteiger partial charge >= 0.3 is 6.18 Å². The number of alkyl halides is 3. The van der Waals surface area contributed by atoms with Crippen molar-refractivity contribution < 1.29 is 22.8 Å². The van der Waals surface area contributed by atoms with Crippen LogP contribution in [0.4, 0.5) is 13.2 Å². The molecular formula is C27H26ClF3N2O2S. The molecular weight excluding hydrogens is 509 g/mol. The molecule has 0 spiro atoms. The van der Waals surface area contributed by atoms with Gasteiger partial charge in [0.25, 0.3) is 5.91 Å². The lowest BCUT2D eigenvalue weighted by Gasteiger charge is -2.39. The molecule has 2 aromatic carbocycles. The molecule has 1 atom stereocenters. The third kappa shape index (κ3) is 6.10. The van der Waals surface area contributed by atoms with E-state index in [1.54, 1.807) is 11.0 Å². The molecule has 1 aliphatic heterocycles. The molecule has 1 aliphatic rings. The lowest BCUT2D eigenvalue weighted by atomic mass is 10.00. The molecule has 36 heavy (non-hydrogen) atoms. The Morgan fingerprint density at radius 1 is 1.11 bits per heavy atom. The van der Waals surface area contributed by atoms with E-state index < -0.39 is 17.6 Å². The average molecular weight is 535 g/mol. The normalized spacial score (nSPS) is 16.1. The molecule has 3 aromatic rings. The Labute approximate surface area is 217 Å². The molecule has 9 heteroatoms. The van der Waals surface area contributed by atoms with Crippen molar-refractivity contribution in [3.8, 4) is 0 Å². The fourth-order valence-corrected chi connectivity index (χ4v) is 5.50. The maximum absolute atomic E-state index is 13.5. The highest BCUT2D eigenvalue weighted by Gasteiger charge is 2.38. The van der Waals surface area contributed by atoms with Crippen molar-refractivity contribution in [3.05, 3.63) is 92.1 Å². The van der Waals surface area contributed by atoms with E-state index in [0.717, 1.165) is 33.4 Å². The van der Waals surface area contributed by atoms with Crippen LogP contribution in [0.3, 0.4) is 0 Å². The minimum atomic E-state index is -4.59. The molecule has 0 saturated carbocycles. The largest absolute Gasteiger partial charge is 0.417 e. The minimum absolute atomic E-state index is 0.121. The summed E-state index contributed by atoms with van der Waals surface area (Å²) in [6, 6.07) is 14.7. The molecule has 2 heterocycles. The van der Waals surface area contributed by atoms with E-state index in [1.807, 2.05) is 49.4 Å². The van der Waals surface area contributed by atoms with Crippen LogP contribution in [0.1, 0.15) is 45.5 Å². The fraction of sp³-hybridized carbons (Fsp3) is 0.333. The Morgan fingerprint density at radius 3 is 2.56 bits per heavy atom. The van der Waals surface area contributed by atoms with Crippen LogP contribution < -0.4 is 0 Å². The van der Waals surface area contributed by atoms with Crippen LogP contribution in [0.5, 0.6) is 0 Å². The lowest BCUT2D eigenvalue weighted by Crippen LogP contribution is -2.51. The van der Waals surface area contributed by atoms with Crippen molar-refractivity contribution in [2.45, 2.75) is 44.9 Å². The Morgan fingerprint density at radius 2 is 1.86 bits per heavy atom. The number of likely N-dealkylation sites (tertiary alicyclic amines) is 1. The number of carbonyl (C=O) groups is 2. The first-order valence-corrected chi connectivity index (χ1v) is 13.0. The number of halogens is 4. The van der Waals surface area contributed by atoms with Gasteiger partial charge in [0.15, 0.2) is 0 Å². The summed E-state index contributed by atoms with van der Waals surface area (Å²) in [5.41, 5.74) is 1.40. The number of nitrogens with zero attached hydrogens (tertiary/aromatic N) is 2. The van der Waals surface area contributed by atoms with E-state index in [-0.39, 0.29) is 30.5 Å². The number of hydrogen-bond acceptors (Lipinski definition) is 3. The Hall–Kier alpha value is -2.84. The predicted octanol–water partition coefficient (Wildman–Crippen LogP) is 6.60. The minimum Gasteiger partial charge on any atom is -0.337 e. The number of rotatable bonds is 6. The molecule has 190 valence electrons. The summed E-state index contributed by atoms with van der Waals surface area (Å²) in [5.74, 6) is -0.768. The predicted molar refractivity (Wildman–Crippen MR) is 135 cm³/mol. The van der Waals surface area contributed by atoms with Crippen LogP contribution in [0.15, 0.2) is 59.3 Å². The first-order chi connectivity index (χ1) is 17.1. The third-order valence-corrected chi connectivity index (χ3v) is 7.58. The van der Waals surface area contributed by atoms with Gasteiger partial charge in [0, 0.05) is 41.5 Å². The van der Waals surface area contributed by atoms with E-state index >= 15 is 0 Å². The monoisotopic (exact) mass is 534 g/mol. The molecule has 0 N–H and O–H groups in total. The highest BCUT2D eigenvalue weighted by atomic mass is 35.5. The molecule has 0 aliphatic carbocycles. The number of piperidine rings is 1. The molecule has 4 nitrogen and oxygen atoms in total. The highest BCUT2D eigenvalue weighted by Crippen LogP contribution is 2.35. The lowest BCUT2D eigenvalue weighted by molar-refractivity contribution is -0.137. The van der Waals surface area contributed by atoms with Gasteiger partial charge in [-0.15, -0.1) is 0 Å². The molecule has 1 fully saturated rings. The number of benzene rings is 2. The summed E-state index contributed by atoms with van der Waals surface area (Å²) in [6.07, 6.45) is -3.20.